The summed E-state index contributed by atoms with van der Waals surface area (Å²) in [5.74, 6) is -0.284. The number of amides is 1. The van der Waals surface area contributed by atoms with Crippen molar-refractivity contribution in [1.29, 1.82) is 0 Å². The third-order valence-corrected chi connectivity index (χ3v) is 3.12. The van der Waals surface area contributed by atoms with Crippen molar-refractivity contribution < 1.29 is 4.79 Å². The fraction of sp³-hybridized carbons (Fsp3) is 0.500. The monoisotopic (exact) mass is 249 g/mol. The molecule has 0 heterocycles. The van der Waals surface area contributed by atoms with Gasteiger partial charge >= 0.3 is 0 Å². The van der Waals surface area contributed by atoms with Crippen LogP contribution in [0.25, 0.3) is 0 Å². The molecule has 18 heavy (non-hydrogen) atoms. The molecule has 4 nitrogen and oxygen atoms in total. The van der Waals surface area contributed by atoms with E-state index < -0.39 is 0 Å². The lowest BCUT2D eigenvalue weighted by molar-refractivity contribution is -0.119. The first kappa shape index (κ1) is 14.5. The summed E-state index contributed by atoms with van der Waals surface area (Å²) >= 11 is 0. The van der Waals surface area contributed by atoms with Gasteiger partial charge in [0.15, 0.2) is 0 Å². The van der Waals surface area contributed by atoms with Gasteiger partial charge in [0.1, 0.15) is 0 Å². The first-order valence-electron chi connectivity index (χ1n) is 6.42. The quantitative estimate of drug-likeness (QED) is 0.725. The van der Waals surface area contributed by atoms with Crippen molar-refractivity contribution in [3.8, 4) is 0 Å². The number of nitrogen functional groups attached to an aromatic ring is 1. The molecule has 0 bridgehead atoms. The molecule has 0 aliphatic heterocycles. The van der Waals surface area contributed by atoms with Crippen LogP contribution in [0, 0.1) is 0 Å². The largest absolute Gasteiger partial charge is 0.399 e. The zero-order valence-corrected chi connectivity index (χ0v) is 11.2. The zero-order chi connectivity index (χ0) is 13.5. The number of anilines is 1. The smallest absolute Gasteiger partial charge is 0.231 e. The van der Waals surface area contributed by atoms with Crippen LogP contribution >= 0.6 is 0 Å². The molecule has 4 N–H and O–H groups in total. The van der Waals surface area contributed by atoms with Gasteiger partial charge in [0, 0.05) is 11.7 Å². The first-order valence-corrected chi connectivity index (χ1v) is 6.42. The van der Waals surface area contributed by atoms with E-state index in [1.165, 1.54) is 0 Å². The molecule has 0 saturated heterocycles. The molecule has 1 atom stereocenters. The number of unbranched alkanes of at least 4 members (excludes halogenated alkanes) is 1. The lowest BCUT2D eigenvalue weighted by Crippen LogP contribution is -2.36. The molecule has 1 amide bonds. The summed E-state index contributed by atoms with van der Waals surface area (Å²) in [5, 5.41) is 0. The summed E-state index contributed by atoms with van der Waals surface area (Å²) in [5.41, 5.74) is 12.9. The second-order valence-electron chi connectivity index (χ2n) is 4.63. The maximum atomic E-state index is 11.1. The van der Waals surface area contributed by atoms with E-state index in [1.54, 1.807) is 0 Å². The Kier molecular flexibility index (Phi) is 5.65. The van der Waals surface area contributed by atoms with Crippen molar-refractivity contribution in [3.63, 3.8) is 0 Å². The van der Waals surface area contributed by atoms with Gasteiger partial charge in [0.2, 0.25) is 5.91 Å². The van der Waals surface area contributed by atoms with E-state index in [0.717, 1.165) is 30.6 Å². The number of rotatable bonds is 7. The van der Waals surface area contributed by atoms with Crippen molar-refractivity contribution in [2.24, 2.45) is 5.73 Å². The Labute approximate surface area is 109 Å². The van der Waals surface area contributed by atoms with Gasteiger partial charge in [-0.25, -0.2) is 0 Å². The average molecular weight is 249 g/mol. The highest BCUT2D eigenvalue weighted by Gasteiger charge is 2.16. The summed E-state index contributed by atoms with van der Waals surface area (Å²) in [4.78, 5) is 13.2. The van der Waals surface area contributed by atoms with Gasteiger partial charge in [-0.1, -0.05) is 25.5 Å². The molecule has 1 aromatic rings. The standard InChI is InChI=1S/C14H23N3O/c1-3-4-9-17(10-14(16)18)11(2)12-5-7-13(15)8-6-12/h5-8,11H,3-4,9-10,15H2,1-2H3,(H2,16,18). The van der Waals surface area contributed by atoms with Crippen LogP contribution in [-0.2, 0) is 4.79 Å². The average Bonchev–Trinajstić information content (AvgIpc) is 2.34. The molecule has 0 aliphatic carbocycles. The molecule has 0 aromatic heterocycles. The van der Waals surface area contributed by atoms with Crippen LogP contribution in [0.15, 0.2) is 24.3 Å². The Morgan fingerprint density at radius 1 is 1.33 bits per heavy atom. The fourth-order valence-corrected chi connectivity index (χ4v) is 1.96. The minimum Gasteiger partial charge on any atom is -0.399 e. The molecule has 1 aromatic carbocycles. The van der Waals surface area contributed by atoms with E-state index in [0.29, 0.717) is 6.54 Å². The van der Waals surface area contributed by atoms with Crippen molar-refractivity contribution in [2.75, 3.05) is 18.8 Å². The Hall–Kier alpha value is -1.55. The zero-order valence-electron chi connectivity index (χ0n) is 11.2. The fourth-order valence-electron chi connectivity index (χ4n) is 1.96. The van der Waals surface area contributed by atoms with Gasteiger partial charge in [-0.2, -0.15) is 0 Å². The topological polar surface area (TPSA) is 72.3 Å². The van der Waals surface area contributed by atoms with Crippen LogP contribution in [-0.4, -0.2) is 23.9 Å². The van der Waals surface area contributed by atoms with Crippen molar-refractivity contribution in [1.82, 2.24) is 4.90 Å². The third kappa shape index (κ3) is 4.37. The maximum absolute atomic E-state index is 11.1. The number of nitrogens with zero attached hydrogens (tertiary/aromatic N) is 1. The number of primary amides is 1. The van der Waals surface area contributed by atoms with Crippen LogP contribution in [0.5, 0.6) is 0 Å². The summed E-state index contributed by atoms with van der Waals surface area (Å²) in [6.45, 7) is 5.40. The van der Waals surface area contributed by atoms with Gasteiger partial charge in [-0.15, -0.1) is 0 Å². The summed E-state index contributed by atoms with van der Waals surface area (Å²) < 4.78 is 0. The predicted molar refractivity (Wildman–Crippen MR) is 74.9 cm³/mol. The highest BCUT2D eigenvalue weighted by Crippen LogP contribution is 2.21. The Bertz CT molecular complexity index is 375. The molecule has 1 rings (SSSR count). The molecule has 0 saturated carbocycles. The minimum absolute atomic E-state index is 0.171. The van der Waals surface area contributed by atoms with Crippen LogP contribution in [0.2, 0.25) is 0 Å². The highest BCUT2D eigenvalue weighted by atomic mass is 16.1. The first-order chi connectivity index (χ1) is 8.54. The van der Waals surface area contributed by atoms with E-state index in [9.17, 15) is 4.79 Å². The third-order valence-electron chi connectivity index (χ3n) is 3.12. The lowest BCUT2D eigenvalue weighted by atomic mass is 10.1. The van der Waals surface area contributed by atoms with E-state index in [1.807, 2.05) is 24.3 Å². The van der Waals surface area contributed by atoms with Crippen LogP contribution in [0.4, 0.5) is 5.69 Å². The summed E-state index contributed by atoms with van der Waals surface area (Å²) in [6, 6.07) is 7.94. The van der Waals surface area contributed by atoms with E-state index in [-0.39, 0.29) is 11.9 Å². The molecule has 1 unspecified atom stereocenters. The second-order valence-corrected chi connectivity index (χ2v) is 4.63. The number of carbonyl (C=O) groups is 1. The lowest BCUT2D eigenvalue weighted by Gasteiger charge is -2.28. The van der Waals surface area contributed by atoms with Crippen LogP contribution < -0.4 is 11.5 Å². The Morgan fingerprint density at radius 2 is 1.94 bits per heavy atom. The van der Waals surface area contributed by atoms with Gasteiger partial charge in [-0.3, -0.25) is 9.69 Å². The second kappa shape index (κ2) is 7.01. The Morgan fingerprint density at radius 3 is 2.44 bits per heavy atom. The van der Waals surface area contributed by atoms with Crippen LogP contribution in [0.3, 0.4) is 0 Å². The molecule has 0 radical (unpaired) electrons. The van der Waals surface area contributed by atoms with Crippen LogP contribution in [0.1, 0.15) is 38.3 Å². The number of carbonyl (C=O) groups excluding carboxylic acids is 1. The summed E-state index contributed by atoms with van der Waals surface area (Å²) in [6.07, 6.45) is 2.16. The maximum Gasteiger partial charge on any atom is 0.231 e. The molecule has 4 heteroatoms. The molecular formula is C14H23N3O. The molecule has 0 fully saturated rings. The van der Waals surface area contributed by atoms with Gasteiger partial charge in [-0.05, 0) is 37.6 Å². The highest BCUT2D eigenvalue weighted by molar-refractivity contribution is 5.76. The number of benzene rings is 1. The van der Waals surface area contributed by atoms with Crippen molar-refractivity contribution >= 4 is 11.6 Å². The normalized spacial score (nSPS) is 12.6. The molecule has 0 aliphatic rings. The molecule has 100 valence electrons. The summed E-state index contributed by atoms with van der Waals surface area (Å²) in [7, 11) is 0. The number of hydrogen-bond donors (Lipinski definition) is 2. The van der Waals surface area contributed by atoms with E-state index in [2.05, 4.69) is 18.7 Å². The minimum atomic E-state index is -0.284. The van der Waals surface area contributed by atoms with Gasteiger partial charge in [0.05, 0.1) is 6.54 Å². The molecular weight excluding hydrogens is 226 g/mol. The van der Waals surface area contributed by atoms with Crippen molar-refractivity contribution in [2.45, 2.75) is 32.7 Å². The number of hydrogen-bond acceptors (Lipinski definition) is 3. The van der Waals surface area contributed by atoms with Gasteiger partial charge < -0.3 is 11.5 Å². The number of nitrogens with two attached hydrogens (primary N) is 2. The SMILES string of the molecule is CCCCN(CC(N)=O)C(C)c1ccc(N)cc1. The van der Waals surface area contributed by atoms with Gasteiger partial charge in [0.25, 0.3) is 0 Å². The Balaban J connectivity index is 2.76. The van der Waals surface area contributed by atoms with E-state index in [4.69, 9.17) is 11.5 Å². The predicted octanol–water partition coefficient (Wildman–Crippen LogP) is 1.92. The van der Waals surface area contributed by atoms with Crippen molar-refractivity contribution in [3.05, 3.63) is 29.8 Å². The molecule has 0 spiro atoms. The van der Waals surface area contributed by atoms with E-state index >= 15 is 0 Å².